The van der Waals surface area contributed by atoms with E-state index in [1.807, 2.05) is 6.07 Å². The molecule has 0 aliphatic heterocycles. The summed E-state index contributed by atoms with van der Waals surface area (Å²) in [5.41, 5.74) is 0.638. The number of rotatable bonds is 2. The van der Waals surface area contributed by atoms with Gasteiger partial charge in [-0.1, -0.05) is 22.9 Å². The lowest BCUT2D eigenvalue weighted by atomic mass is 10.2. The normalized spacial score (nSPS) is 10.4. The van der Waals surface area contributed by atoms with E-state index in [1.54, 1.807) is 0 Å². The second-order valence-corrected chi connectivity index (χ2v) is 6.08. The molecular formula is C15H7ClF2N4OS. The van der Waals surface area contributed by atoms with Gasteiger partial charge < -0.3 is 5.32 Å². The minimum absolute atomic E-state index is 0.0156. The molecule has 2 amide bonds. The van der Waals surface area contributed by atoms with Gasteiger partial charge in [-0.05, 0) is 24.3 Å². The highest BCUT2D eigenvalue weighted by molar-refractivity contribution is 7.22. The highest BCUT2D eigenvalue weighted by Crippen LogP contribution is 2.29. The Hall–Kier alpha value is -2.76. The molecule has 0 aliphatic rings. The number of carbonyl (C=O) groups excluding carboxylic acids is 1. The molecule has 0 saturated heterocycles. The zero-order valence-electron chi connectivity index (χ0n) is 11.7. The van der Waals surface area contributed by atoms with Gasteiger partial charge in [0, 0.05) is 11.8 Å². The van der Waals surface area contributed by atoms with Gasteiger partial charge in [-0.2, -0.15) is 5.26 Å². The number of carbonyl (C=O) groups is 1. The minimum atomic E-state index is -0.798. The number of hydrogen-bond acceptors (Lipinski definition) is 4. The van der Waals surface area contributed by atoms with E-state index in [1.165, 1.54) is 18.2 Å². The molecule has 0 atom stereocenters. The summed E-state index contributed by atoms with van der Waals surface area (Å²) in [7, 11) is 0. The number of aromatic nitrogens is 1. The Morgan fingerprint density at radius 2 is 2.04 bits per heavy atom. The Morgan fingerprint density at radius 3 is 2.75 bits per heavy atom. The van der Waals surface area contributed by atoms with Crippen LogP contribution in [-0.2, 0) is 0 Å². The van der Waals surface area contributed by atoms with Crippen LogP contribution in [0.4, 0.5) is 24.4 Å². The van der Waals surface area contributed by atoms with Crippen molar-refractivity contribution in [2.24, 2.45) is 0 Å². The first-order valence-corrected chi connectivity index (χ1v) is 7.69. The SMILES string of the molecule is N#Cc1ccc(NC(=O)Nc2nc3c(F)cc(F)cc3s2)cc1Cl. The van der Waals surface area contributed by atoms with E-state index in [9.17, 15) is 13.6 Å². The summed E-state index contributed by atoms with van der Waals surface area (Å²) in [5.74, 6) is -1.51. The zero-order valence-corrected chi connectivity index (χ0v) is 13.3. The van der Waals surface area contributed by atoms with Gasteiger partial charge in [-0.3, -0.25) is 5.32 Å². The Bertz CT molecular complexity index is 999. The molecule has 1 heterocycles. The topological polar surface area (TPSA) is 77.8 Å². The van der Waals surface area contributed by atoms with Crippen LogP contribution in [0.2, 0.25) is 5.02 Å². The quantitative estimate of drug-likeness (QED) is 0.689. The maximum Gasteiger partial charge on any atom is 0.325 e. The van der Waals surface area contributed by atoms with Crippen LogP contribution in [0.5, 0.6) is 0 Å². The molecule has 3 rings (SSSR count). The molecule has 0 spiro atoms. The van der Waals surface area contributed by atoms with Crippen molar-refractivity contribution < 1.29 is 13.6 Å². The monoisotopic (exact) mass is 364 g/mol. The number of nitrogens with one attached hydrogen (secondary N) is 2. The average Bonchev–Trinajstić information content (AvgIpc) is 2.89. The van der Waals surface area contributed by atoms with E-state index in [0.717, 1.165) is 23.5 Å². The maximum absolute atomic E-state index is 13.6. The third-order valence-electron chi connectivity index (χ3n) is 2.98. The first-order chi connectivity index (χ1) is 11.5. The Kier molecular flexibility index (Phi) is 4.29. The van der Waals surface area contributed by atoms with E-state index >= 15 is 0 Å². The van der Waals surface area contributed by atoms with Crippen molar-refractivity contribution in [2.45, 2.75) is 0 Å². The molecule has 120 valence electrons. The number of urea groups is 1. The number of nitriles is 1. The van der Waals surface area contributed by atoms with E-state index in [0.29, 0.717) is 5.69 Å². The predicted octanol–water partition coefficient (Wildman–Crippen LogP) is 4.74. The summed E-state index contributed by atoms with van der Waals surface area (Å²) in [6.45, 7) is 0. The summed E-state index contributed by atoms with van der Waals surface area (Å²) in [4.78, 5) is 15.9. The number of nitrogens with zero attached hydrogens (tertiary/aromatic N) is 2. The Labute approximate surface area is 143 Å². The van der Waals surface area contributed by atoms with E-state index in [4.69, 9.17) is 16.9 Å². The fourth-order valence-electron chi connectivity index (χ4n) is 1.95. The molecule has 0 fully saturated rings. The van der Waals surface area contributed by atoms with E-state index < -0.39 is 17.7 Å². The van der Waals surface area contributed by atoms with Crippen molar-refractivity contribution in [1.82, 2.24) is 4.98 Å². The number of amides is 2. The molecular weight excluding hydrogens is 358 g/mol. The fourth-order valence-corrected chi connectivity index (χ4v) is 3.08. The first kappa shape index (κ1) is 16.1. The third kappa shape index (κ3) is 3.27. The molecule has 9 heteroatoms. The van der Waals surface area contributed by atoms with Crippen molar-refractivity contribution >= 4 is 50.0 Å². The third-order valence-corrected chi connectivity index (χ3v) is 4.21. The number of anilines is 2. The Morgan fingerprint density at radius 1 is 1.25 bits per heavy atom. The zero-order chi connectivity index (χ0) is 17.3. The predicted molar refractivity (Wildman–Crippen MR) is 88.3 cm³/mol. The largest absolute Gasteiger partial charge is 0.325 e. The molecule has 0 aliphatic carbocycles. The van der Waals surface area contributed by atoms with Crippen LogP contribution in [0.1, 0.15) is 5.56 Å². The minimum Gasteiger partial charge on any atom is -0.308 e. The van der Waals surface area contributed by atoms with Gasteiger partial charge in [0.15, 0.2) is 10.9 Å². The molecule has 5 nitrogen and oxygen atoms in total. The summed E-state index contributed by atoms with van der Waals surface area (Å²) in [5, 5.41) is 14.1. The standard InChI is InChI=1S/C15H7ClF2N4OS/c16-10-5-9(2-1-7(10)6-19)20-14(23)22-15-21-13-11(18)3-8(17)4-12(13)24-15/h1-5H,(H2,20,21,22,23). The van der Waals surface area contributed by atoms with Crippen molar-refractivity contribution in [3.63, 3.8) is 0 Å². The lowest BCUT2D eigenvalue weighted by Gasteiger charge is -2.06. The molecule has 0 radical (unpaired) electrons. The van der Waals surface area contributed by atoms with Crippen LogP contribution in [-0.4, -0.2) is 11.0 Å². The first-order valence-electron chi connectivity index (χ1n) is 6.49. The lowest BCUT2D eigenvalue weighted by molar-refractivity contribution is 0.262. The highest BCUT2D eigenvalue weighted by atomic mass is 35.5. The van der Waals surface area contributed by atoms with Crippen LogP contribution in [0.3, 0.4) is 0 Å². The summed E-state index contributed by atoms with van der Waals surface area (Å²) in [6.07, 6.45) is 0. The summed E-state index contributed by atoms with van der Waals surface area (Å²) >= 11 is 6.82. The molecule has 0 unspecified atom stereocenters. The van der Waals surface area contributed by atoms with E-state index in [-0.39, 0.29) is 25.9 Å². The van der Waals surface area contributed by atoms with Crippen molar-refractivity contribution in [3.8, 4) is 6.07 Å². The van der Waals surface area contributed by atoms with Crippen molar-refractivity contribution in [1.29, 1.82) is 5.26 Å². The van der Waals surface area contributed by atoms with Gasteiger partial charge >= 0.3 is 6.03 Å². The average molecular weight is 365 g/mol. The Balaban J connectivity index is 1.76. The number of halogens is 3. The van der Waals surface area contributed by atoms with Gasteiger partial charge in [0.05, 0.1) is 15.3 Å². The maximum atomic E-state index is 13.6. The summed E-state index contributed by atoms with van der Waals surface area (Å²) in [6, 6.07) is 7.54. The number of benzene rings is 2. The van der Waals surface area contributed by atoms with Crippen LogP contribution in [0, 0.1) is 23.0 Å². The molecule has 0 bridgehead atoms. The number of fused-ring (bicyclic) bond motifs is 1. The van der Waals surface area contributed by atoms with Gasteiger partial charge in [0.2, 0.25) is 0 Å². The van der Waals surface area contributed by atoms with Gasteiger partial charge in [-0.15, -0.1) is 0 Å². The molecule has 1 aromatic heterocycles. The molecule has 3 aromatic rings. The highest BCUT2D eigenvalue weighted by Gasteiger charge is 2.13. The summed E-state index contributed by atoms with van der Waals surface area (Å²) < 4.78 is 27.0. The van der Waals surface area contributed by atoms with Crippen molar-refractivity contribution in [2.75, 3.05) is 10.6 Å². The number of hydrogen-bond donors (Lipinski definition) is 2. The van der Waals surface area contributed by atoms with Crippen LogP contribution in [0.25, 0.3) is 10.2 Å². The molecule has 0 saturated carbocycles. The van der Waals surface area contributed by atoms with Gasteiger partial charge in [-0.25, -0.2) is 18.6 Å². The second-order valence-electron chi connectivity index (χ2n) is 4.64. The number of thiazole rings is 1. The lowest BCUT2D eigenvalue weighted by Crippen LogP contribution is -2.19. The van der Waals surface area contributed by atoms with Crippen LogP contribution in [0.15, 0.2) is 30.3 Å². The molecule has 2 aromatic carbocycles. The molecule has 2 N–H and O–H groups in total. The smallest absolute Gasteiger partial charge is 0.308 e. The van der Waals surface area contributed by atoms with Gasteiger partial charge in [0.1, 0.15) is 17.4 Å². The van der Waals surface area contributed by atoms with Crippen LogP contribution < -0.4 is 10.6 Å². The van der Waals surface area contributed by atoms with Crippen LogP contribution >= 0.6 is 22.9 Å². The molecule has 24 heavy (non-hydrogen) atoms. The second kappa shape index (κ2) is 6.39. The van der Waals surface area contributed by atoms with Crippen molar-refractivity contribution in [3.05, 3.63) is 52.6 Å². The van der Waals surface area contributed by atoms with E-state index in [2.05, 4.69) is 15.6 Å². The fraction of sp³-hybridized carbons (Fsp3) is 0. The van der Waals surface area contributed by atoms with Gasteiger partial charge in [0.25, 0.3) is 0 Å².